The summed E-state index contributed by atoms with van der Waals surface area (Å²) < 4.78 is 1.98. The van der Waals surface area contributed by atoms with E-state index in [1.165, 1.54) is 5.56 Å². The first-order valence-corrected chi connectivity index (χ1v) is 7.64. The van der Waals surface area contributed by atoms with Crippen molar-refractivity contribution in [3.8, 4) is 0 Å². The molecule has 23 heavy (non-hydrogen) atoms. The third kappa shape index (κ3) is 3.41. The Morgan fingerprint density at radius 1 is 1.30 bits per heavy atom. The number of piperazine rings is 1. The molecular formula is C17H23ClN4O. The molecule has 0 radical (unpaired) electrons. The Morgan fingerprint density at radius 2 is 2.09 bits per heavy atom. The van der Waals surface area contributed by atoms with E-state index in [1.54, 1.807) is 6.20 Å². The number of aromatic nitrogens is 2. The number of nitrogens with one attached hydrogen (secondary N) is 1. The van der Waals surface area contributed by atoms with E-state index in [0.29, 0.717) is 6.54 Å². The monoisotopic (exact) mass is 334 g/mol. The number of halogens is 1. The van der Waals surface area contributed by atoms with Crippen LogP contribution in [0.2, 0.25) is 0 Å². The highest BCUT2D eigenvalue weighted by molar-refractivity contribution is 5.94. The van der Waals surface area contributed by atoms with Gasteiger partial charge in [0.25, 0.3) is 5.91 Å². The normalized spacial score (nSPS) is 17.7. The third-order valence-electron chi connectivity index (χ3n) is 4.41. The van der Waals surface area contributed by atoms with Gasteiger partial charge in [-0.2, -0.15) is 0 Å². The van der Waals surface area contributed by atoms with Gasteiger partial charge in [0.2, 0.25) is 0 Å². The van der Waals surface area contributed by atoms with Crippen LogP contribution < -0.4 is 5.32 Å². The minimum Gasteiger partial charge on any atom is -0.336 e. The van der Waals surface area contributed by atoms with E-state index in [0.717, 1.165) is 30.0 Å². The van der Waals surface area contributed by atoms with Crippen molar-refractivity contribution in [1.29, 1.82) is 0 Å². The molecule has 0 aliphatic carbocycles. The Bertz CT molecular complexity index is 698. The van der Waals surface area contributed by atoms with Crippen LogP contribution in [-0.4, -0.2) is 40.0 Å². The summed E-state index contributed by atoms with van der Waals surface area (Å²) in [5.74, 6) is 1.00. The molecular weight excluding hydrogens is 312 g/mol. The lowest BCUT2D eigenvalue weighted by Gasteiger charge is -2.36. The SMILES string of the molecule is Cc1ccc(C(=O)N2CCNCC2c2nccn2C)cc1C.Cl. The van der Waals surface area contributed by atoms with Gasteiger partial charge in [0, 0.05) is 44.6 Å². The molecule has 1 aliphatic heterocycles. The van der Waals surface area contributed by atoms with E-state index >= 15 is 0 Å². The predicted octanol–water partition coefficient (Wildman–Crippen LogP) is 2.25. The Morgan fingerprint density at radius 3 is 2.74 bits per heavy atom. The second-order valence-electron chi connectivity index (χ2n) is 5.91. The number of aryl methyl sites for hydroxylation is 3. The molecule has 1 unspecified atom stereocenters. The van der Waals surface area contributed by atoms with Crippen LogP contribution in [0.3, 0.4) is 0 Å². The molecule has 1 aromatic heterocycles. The summed E-state index contributed by atoms with van der Waals surface area (Å²) in [4.78, 5) is 19.3. The fourth-order valence-electron chi connectivity index (χ4n) is 2.92. The summed E-state index contributed by atoms with van der Waals surface area (Å²) in [5, 5.41) is 3.36. The van der Waals surface area contributed by atoms with Crippen molar-refractivity contribution < 1.29 is 4.79 Å². The number of carbonyl (C=O) groups excluding carboxylic acids is 1. The molecule has 2 aromatic rings. The Hall–Kier alpha value is -1.85. The van der Waals surface area contributed by atoms with Crippen LogP contribution in [-0.2, 0) is 7.05 Å². The van der Waals surface area contributed by atoms with Crippen LogP contribution >= 0.6 is 12.4 Å². The first-order chi connectivity index (χ1) is 10.6. The van der Waals surface area contributed by atoms with Crippen molar-refractivity contribution in [2.45, 2.75) is 19.9 Å². The summed E-state index contributed by atoms with van der Waals surface area (Å²) in [6.07, 6.45) is 3.70. The lowest BCUT2D eigenvalue weighted by Crippen LogP contribution is -2.49. The number of carbonyl (C=O) groups is 1. The zero-order valence-corrected chi connectivity index (χ0v) is 14.6. The molecule has 124 valence electrons. The number of nitrogens with zero attached hydrogens (tertiary/aromatic N) is 3. The van der Waals surface area contributed by atoms with E-state index in [2.05, 4.69) is 17.2 Å². The number of amides is 1. The van der Waals surface area contributed by atoms with E-state index in [9.17, 15) is 4.79 Å². The molecule has 1 aliphatic rings. The van der Waals surface area contributed by atoms with Crippen molar-refractivity contribution in [1.82, 2.24) is 19.8 Å². The van der Waals surface area contributed by atoms with Crippen LogP contribution in [0.5, 0.6) is 0 Å². The third-order valence-corrected chi connectivity index (χ3v) is 4.41. The highest BCUT2D eigenvalue weighted by Gasteiger charge is 2.31. The molecule has 0 bridgehead atoms. The highest BCUT2D eigenvalue weighted by Crippen LogP contribution is 2.23. The maximum absolute atomic E-state index is 12.9. The van der Waals surface area contributed by atoms with Crippen LogP contribution in [0, 0.1) is 13.8 Å². The smallest absolute Gasteiger partial charge is 0.254 e. The van der Waals surface area contributed by atoms with Crippen molar-refractivity contribution in [3.05, 3.63) is 53.1 Å². The number of rotatable bonds is 2. The van der Waals surface area contributed by atoms with Gasteiger partial charge in [-0.15, -0.1) is 12.4 Å². The number of hydrogen-bond donors (Lipinski definition) is 1. The largest absolute Gasteiger partial charge is 0.336 e. The second kappa shape index (κ2) is 7.15. The van der Waals surface area contributed by atoms with Gasteiger partial charge in [0.15, 0.2) is 0 Å². The molecule has 1 atom stereocenters. The Kier molecular flexibility index (Phi) is 5.44. The molecule has 1 amide bonds. The lowest BCUT2D eigenvalue weighted by molar-refractivity contribution is 0.0621. The average Bonchev–Trinajstić information content (AvgIpc) is 2.95. The van der Waals surface area contributed by atoms with Crippen molar-refractivity contribution >= 4 is 18.3 Å². The average molecular weight is 335 g/mol. The molecule has 6 heteroatoms. The standard InChI is InChI=1S/C17H22N4O.ClH/c1-12-4-5-14(10-13(12)2)17(22)21-9-6-18-11-15(21)16-19-7-8-20(16)3;/h4-5,7-8,10,15,18H,6,9,11H2,1-3H3;1H. The molecule has 0 saturated carbocycles. The number of hydrogen-bond acceptors (Lipinski definition) is 3. The summed E-state index contributed by atoms with van der Waals surface area (Å²) in [6.45, 7) is 6.35. The topological polar surface area (TPSA) is 50.2 Å². The molecule has 1 aromatic carbocycles. The van der Waals surface area contributed by atoms with Gasteiger partial charge in [-0.25, -0.2) is 4.98 Å². The van der Waals surface area contributed by atoms with Crippen LogP contribution in [0.1, 0.15) is 33.4 Å². The fraction of sp³-hybridized carbons (Fsp3) is 0.412. The van der Waals surface area contributed by atoms with E-state index in [4.69, 9.17) is 0 Å². The summed E-state index contributed by atoms with van der Waals surface area (Å²) in [5.41, 5.74) is 3.11. The molecule has 1 N–H and O–H groups in total. The maximum atomic E-state index is 12.9. The number of benzene rings is 1. The molecule has 1 saturated heterocycles. The summed E-state index contributed by atoms with van der Waals surface area (Å²) in [7, 11) is 1.97. The zero-order valence-electron chi connectivity index (χ0n) is 13.7. The maximum Gasteiger partial charge on any atom is 0.254 e. The van der Waals surface area contributed by atoms with E-state index in [-0.39, 0.29) is 24.4 Å². The van der Waals surface area contributed by atoms with Gasteiger partial charge in [0.1, 0.15) is 11.9 Å². The van der Waals surface area contributed by atoms with Crippen LogP contribution in [0.25, 0.3) is 0 Å². The minimum atomic E-state index is -0.0251. The van der Waals surface area contributed by atoms with E-state index in [1.807, 2.05) is 47.8 Å². The van der Waals surface area contributed by atoms with Gasteiger partial charge in [-0.1, -0.05) is 6.07 Å². The van der Waals surface area contributed by atoms with Crippen molar-refractivity contribution in [2.75, 3.05) is 19.6 Å². The van der Waals surface area contributed by atoms with Gasteiger partial charge < -0.3 is 14.8 Å². The Balaban J connectivity index is 0.00000192. The minimum absolute atomic E-state index is 0. The summed E-state index contributed by atoms with van der Waals surface area (Å²) in [6, 6.07) is 5.89. The summed E-state index contributed by atoms with van der Waals surface area (Å²) >= 11 is 0. The van der Waals surface area contributed by atoms with E-state index < -0.39 is 0 Å². The molecule has 1 fully saturated rings. The molecule has 0 spiro atoms. The zero-order chi connectivity index (χ0) is 15.7. The van der Waals surface area contributed by atoms with Gasteiger partial charge in [0.05, 0.1) is 0 Å². The predicted molar refractivity (Wildman–Crippen MR) is 93.0 cm³/mol. The van der Waals surface area contributed by atoms with Crippen LogP contribution in [0.15, 0.2) is 30.6 Å². The van der Waals surface area contributed by atoms with Crippen LogP contribution in [0.4, 0.5) is 0 Å². The second-order valence-corrected chi connectivity index (χ2v) is 5.91. The quantitative estimate of drug-likeness (QED) is 0.916. The van der Waals surface area contributed by atoms with Gasteiger partial charge in [-0.3, -0.25) is 4.79 Å². The first-order valence-electron chi connectivity index (χ1n) is 7.64. The lowest BCUT2D eigenvalue weighted by atomic mass is 10.0. The molecule has 3 rings (SSSR count). The van der Waals surface area contributed by atoms with Crippen molar-refractivity contribution in [3.63, 3.8) is 0 Å². The molecule has 2 heterocycles. The highest BCUT2D eigenvalue weighted by atomic mass is 35.5. The fourth-order valence-corrected chi connectivity index (χ4v) is 2.92. The Labute approximate surface area is 143 Å². The van der Waals surface area contributed by atoms with Gasteiger partial charge in [-0.05, 0) is 37.1 Å². The first kappa shape index (κ1) is 17.5. The molecule has 5 nitrogen and oxygen atoms in total. The van der Waals surface area contributed by atoms with Gasteiger partial charge >= 0.3 is 0 Å². The van der Waals surface area contributed by atoms with Crippen molar-refractivity contribution in [2.24, 2.45) is 7.05 Å². The number of imidazole rings is 1.